The lowest BCUT2D eigenvalue weighted by Gasteiger charge is -2.43. The predicted octanol–water partition coefficient (Wildman–Crippen LogP) is 1.39. The molecule has 1 aromatic rings. The number of nitrogens with zero attached hydrogens (tertiary/aromatic N) is 3. The Hall–Kier alpha value is -0.720. The highest BCUT2D eigenvalue weighted by Crippen LogP contribution is 2.43. The zero-order valence-corrected chi connectivity index (χ0v) is 20.1. The average Bonchev–Trinajstić information content (AvgIpc) is 2.93. The Morgan fingerprint density at radius 2 is 1.96 bits per heavy atom. The molecule has 3 heterocycles. The van der Waals surface area contributed by atoms with E-state index in [-0.39, 0.29) is 33.7 Å². The van der Waals surface area contributed by atoms with Gasteiger partial charge >= 0.3 is 0 Å². The fourth-order valence-corrected chi connectivity index (χ4v) is 5.47. The molecule has 10 heteroatoms. The highest BCUT2D eigenvalue weighted by atomic mass is 127. The lowest BCUT2D eigenvalue weighted by Crippen LogP contribution is -2.55. The number of nitrogens with two attached hydrogens (primary N) is 1. The fraction of sp³-hybridized carbons (Fsp3) is 0.778. The van der Waals surface area contributed by atoms with Crippen LogP contribution in [0.1, 0.15) is 40.5 Å². The van der Waals surface area contributed by atoms with E-state index in [2.05, 4.69) is 14.6 Å². The third kappa shape index (κ3) is 3.97. The van der Waals surface area contributed by atoms with Crippen molar-refractivity contribution >= 4 is 45.3 Å². The first-order chi connectivity index (χ1) is 13.0. The molecule has 2 aliphatic heterocycles. The molecule has 2 aliphatic rings. The largest absolute Gasteiger partial charge is 0.383 e. The molecule has 2 saturated heterocycles. The van der Waals surface area contributed by atoms with E-state index < -0.39 is 11.0 Å². The number of nitrogen functional groups attached to an aromatic ring is 1. The van der Waals surface area contributed by atoms with Crippen LogP contribution < -0.4 is 20.9 Å². The van der Waals surface area contributed by atoms with E-state index in [1.165, 1.54) is 0 Å². The summed E-state index contributed by atoms with van der Waals surface area (Å²) in [7, 11) is 0.579. The smallest absolute Gasteiger partial charge is 0.270 e. The van der Waals surface area contributed by atoms with E-state index in [1.54, 1.807) is 11.6 Å². The first kappa shape index (κ1) is 22.0. The number of piperidine rings is 1. The van der Waals surface area contributed by atoms with Gasteiger partial charge in [-0.2, -0.15) is 4.98 Å². The number of anilines is 2. The number of halogens is 1. The minimum atomic E-state index is -1.15. The number of ether oxygens (including phenoxy) is 1. The zero-order valence-electron chi connectivity index (χ0n) is 17.1. The van der Waals surface area contributed by atoms with Crippen molar-refractivity contribution in [3.05, 3.63) is 13.9 Å². The normalized spacial score (nSPS) is 26.0. The summed E-state index contributed by atoms with van der Waals surface area (Å²) in [6.07, 6.45) is 1.75. The zero-order chi connectivity index (χ0) is 20.9. The molecule has 0 radical (unpaired) electrons. The van der Waals surface area contributed by atoms with Crippen molar-refractivity contribution in [2.45, 2.75) is 57.4 Å². The second-order valence-corrected chi connectivity index (χ2v) is 11.9. The third-order valence-corrected chi connectivity index (χ3v) is 8.43. The van der Waals surface area contributed by atoms with Crippen LogP contribution in [0.15, 0.2) is 4.79 Å². The van der Waals surface area contributed by atoms with Crippen LogP contribution in [0.3, 0.4) is 0 Å². The summed E-state index contributed by atoms with van der Waals surface area (Å²) in [5, 5.41) is 0. The van der Waals surface area contributed by atoms with Crippen LogP contribution >= 0.6 is 22.6 Å². The summed E-state index contributed by atoms with van der Waals surface area (Å²) >= 11 is 1.94. The molecule has 0 amide bonds. The van der Waals surface area contributed by atoms with Crippen LogP contribution in [0.4, 0.5) is 11.8 Å². The molecule has 3 rings (SSSR count). The van der Waals surface area contributed by atoms with E-state index in [4.69, 9.17) is 10.5 Å². The van der Waals surface area contributed by atoms with Crippen LogP contribution in [0.2, 0.25) is 0 Å². The quantitative estimate of drug-likeness (QED) is 0.581. The van der Waals surface area contributed by atoms with Crippen LogP contribution in [0.5, 0.6) is 0 Å². The predicted molar refractivity (Wildman–Crippen MR) is 121 cm³/mol. The van der Waals surface area contributed by atoms with Gasteiger partial charge < -0.3 is 15.4 Å². The molecule has 0 bridgehead atoms. The summed E-state index contributed by atoms with van der Waals surface area (Å²) in [6, 6.07) is 0.0354. The van der Waals surface area contributed by atoms with E-state index >= 15 is 0 Å². The SMILES string of the molecule is C[C@@H]1OCC2(CCN(c3nc(N)c(I)c(=O)n3C)CC2)[C@@H]1NS(=O)C(C)(C)C. The Morgan fingerprint density at radius 1 is 1.36 bits per heavy atom. The molecular weight excluding hydrogens is 493 g/mol. The first-order valence-corrected chi connectivity index (χ1v) is 11.8. The molecule has 0 aromatic carbocycles. The van der Waals surface area contributed by atoms with Crippen molar-refractivity contribution in [3.63, 3.8) is 0 Å². The Kier molecular flexibility index (Phi) is 6.15. The van der Waals surface area contributed by atoms with E-state index in [0.29, 0.717) is 16.1 Å². The molecule has 28 heavy (non-hydrogen) atoms. The highest BCUT2D eigenvalue weighted by molar-refractivity contribution is 14.1. The molecule has 3 atom stereocenters. The van der Waals surface area contributed by atoms with Crippen LogP contribution in [-0.2, 0) is 22.8 Å². The maximum absolute atomic E-state index is 12.7. The van der Waals surface area contributed by atoms with Crippen LogP contribution in [0, 0.1) is 8.99 Å². The molecular formula is C18H30IN5O3S. The fourth-order valence-electron chi connectivity index (χ4n) is 3.96. The van der Waals surface area contributed by atoms with Gasteiger partial charge in [-0.25, -0.2) is 8.93 Å². The number of nitrogens with one attached hydrogen (secondary N) is 1. The van der Waals surface area contributed by atoms with Gasteiger partial charge in [-0.3, -0.25) is 9.36 Å². The van der Waals surface area contributed by atoms with Gasteiger partial charge in [0.1, 0.15) is 9.39 Å². The molecule has 2 fully saturated rings. The van der Waals surface area contributed by atoms with Gasteiger partial charge in [0.25, 0.3) is 5.56 Å². The lowest BCUT2D eigenvalue weighted by atomic mass is 9.73. The number of hydrogen-bond donors (Lipinski definition) is 2. The molecule has 0 saturated carbocycles. The standard InChI is InChI=1S/C18H30IN5O3S/c1-11-13(22-28(26)17(2,3)4)18(10-27-11)6-8-24(9-7-18)16-21-14(20)12(19)15(25)23(16)5/h11,13,22H,6-10,20H2,1-5H3/t11-,13+,28?/m0/s1. The van der Waals surface area contributed by atoms with Gasteiger partial charge in [-0.15, -0.1) is 0 Å². The summed E-state index contributed by atoms with van der Waals surface area (Å²) < 4.78 is 23.7. The molecule has 158 valence electrons. The topological polar surface area (TPSA) is 102 Å². The van der Waals surface area contributed by atoms with Gasteiger partial charge in [-0.05, 0) is 63.1 Å². The molecule has 8 nitrogen and oxygen atoms in total. The number of rotatable bonds is 3. The van der Waals surface area contributed by atoms with Crippen LogP contribution in [0.25, 0.3) is 0 Å². The molecule has 0 aliphatic carbocycles. The Balaban J connectivity index is 1.78. The van der Waals surface area contributed by atoms with Crippen molar-refractivity contribution in [1.82, 2.24) is 14.3 Å². The Labute approximate surface area is 182 Å². The third-order valence-electron chi connectivity index (χ3n) is 5.83. The second-order valence-electron chi connectivity index (χ2n) is 8.82. The van der Waals surface area contributed by atoms with E-state index in [1.807, 2.05) is 50.3 Å². The van der Waals surface area contributed by atoms with Gasteiger partial charge in [0, 0.05) is 25.6 Å². The van der Waals surface area contributed by atoms with Crippen molar-refractivity contribution in [2.75, 3.05) is 30.3 Å². The summed E-state index contributed by atoms with van der Waals surface area (Å²) in [5.41, 5.74) is 5.74. The van der Waals surface area contributed by atoms with Crippen molar-refractivity contribution in [1.29, 1.82) is 0 Å². The van der Waals surface area contributed by atoms with Crippen molar-refractivity contribution in [3.8, 4) is 0 Å². The summed E-state index contributed by atoms with van der Waals surface area (Å²) in [4.78, 5) is 18.9. The van der Waals surface area contributed by atoms with E-state index in [0.717, 1.165) is 25.9 Å². The maximum atomic E-state index is 12.7. The Bertz CT molecular complexity index is 830. The van der Waals surface area contributed by atoms with Crippen LogP contribution in [-0.4, -0.2) is 50.3 Å². The number of hydrogen-bond acceptors (Lipinski definition) is 6. The molecule has 1 unspecified atom stereocenters. The average molecular weight is 523 g/mol. The molecule has 3 N–H and O–H groups in total. The van der Waals surface area contributed by atoms with E-state index in [9.17, 15) is 9.00 Å². The maximum Gasteiger partial charge on any atom is 0.270 e. The molecule has 1 spiro atoms. The minimum Gasteiger partial charge on any atom is -0.383 e. The number of aromatic nitrogens is 2. The highest BCUT2D eigenvalue weighted by Gasteiger charge is 2.50. The lowest BCUT2D eigenvalue weighted by molar-refractivity contribution is 0.0972. The second kappa shape index (κ2) is 7.84. The first-order valence-electron chi connectivity index (χ1n) is 9.53. The monoisotopic (exact) mass is 523 g/mol. The van der Waals surface area contributed by atoms with Gasteiger partial charge in [0.05, 0.1) is 34.5 Å². The molecule has 1 aromatic heterocycles. The van der Waals surface area contributed by atoms with Crippen molar-refractivity contribution < 1.29 is 8.95 Å². The minimum absolute atomic E-state index is 0.00859. The Morgan fingerprint density at radius 3 is 2.54 bits per heavy atom. The summed E-state index contributed by atoms with van der Waals surface area (Å²) in [6.45, 7) is 10.1. The van der Waals surface area contributed by atoms with Gasteiger partial charge in [0.15, 0.2) is 0 Å². The van der Waals surface area contributed by atoms with Crippen molar-refractivity contribution in [2.24, 2.45) is 12.5 Å². The van der Waals surface area contributed by atoms with Gasteiger partial charge in [0.2, 0.25) is 5.95 Å². The summed E-state index contributed by atoms with van der Waals surface area (Å²) in [5.74, 6) is 0.879. The van der Waals surface area contributed by atoms with Gasteiger partial charge in [-0.1, -0.05) is 0 Å².